The predicted molar refractivity (Wildman–Crippen MR) is 26.2 cm³/mol. The minimum absolute atomic E-state index is 0.125. The number of nitrogens with zero attached hydrogens (tertiary/aromatic N) is 1. The van der Waals surface area contributed by atoms with Gasteiger partial charge in [0.05, 0.1) is 0 Å². The average molecular weight is 116 g/mol. The molecule has 0 saturated heterocycles. The van der Waals surface area contributed by atoms with Crippen LogP contribution in [0.5, 0.6) is 0 Å². The standard InChI is InChI=1S/C4H6NO3/c1-3-7-5(6)8-4-2/h3-4H,1-2H2/q+1. The van der Waals surface area contributed by atoms with Crippen LogP contribution in [0.1, 0.15) is 0 Å². The summed E-state index contributed by atoms with van der Waals surface area (Å²) in [5.41, 5.74) is 0. The Hall–Kier alpha value is -1.32. The van der Waals surface area contributed by atoms with E-state index in [-0.39, 0.29) is 5.09 Å². The Labute approximate surface area is 46.5 Å². The van der Waals surface area contributed by atoms with E-state index in [4.69, 9.17) is 0 Å². The quantitative estimate of drug-likeness (QED) is 0.405. The third-order valence-corrected chi connectivity index (χ3v) is 0.321. The first-order valence-corrected chi connectivity index (χ1v) is 1.84. The zero-order valence-electron chi connectivity index (χ0n) is 4.24. The van der Waals surface area contributed by atoms with Crippen LogP contribution in [-0.4, -0.2) is 5.09 Å². The summed E-state index contributed by atoms with van der Waals surface area (Å²) in [7, 11) is 0. The second-order valence-corrected chi connectivity index (χ2v) is 0.768. The number of hydrogen-bond acceptors (Lipinski definition) is 3. The summed E-state index contributed by atoms with van der Waals surface area (Å²) in [6.45, 7) is 6.21. The highest BCUT2D eigenvalue weighted by molar-refractivity contribution is 4.42. The Morgan fingerprint density at radius 2 is 1.62 bits per heavy atom. The molecule has 0 unspecified atom stereocenters. The summed E-state index contributed by atoms with van der Waals surface area (Å²) < 4.78 is 0. The van der Waals surface area contributed by atoms with Gasteiger partial charge in [0.2, 0.25) is 0 Å². The van der Waals surface area contributed by atoms with Gasteiger partial charge < -0.3 is 0 Å². The van der Waals surface area contributed by atoms with Crippen molar-refractivity contribution in [2.24, 2.45) is 0 Å². The fourth-order valence-electron chi connectivity index (χ4n) is 0.147. The van der Waals surface area contributed by atoms with Crippen LogP contribution in [0, 0.1) is 4.91 Å². The lowest BCUT2D eigenvalue weighted by Gasteiger charge is -1.76. The van der Waals surface area contributed by atoms with Crippen molar-refractivity contribution < 1.29 is 14.8 Å². The molecule has 44 valence electrons. The fourth-order valence-corrected chi connectivity index (χ4v) is 0.147. The third-order valence-electron chi connectivity index (χ3n) is 0.321. The zero-order chi connectivity index (χ0) is 6.41. The molecule has 0 aromatic rings. The fraction of sp³-hybridized carbons (Fsp3) is 0. The van der Waals surface area contributed by atoms with Crippen molar-refractivity contribution in [3.8, 4) is 0 Å². The summed E-state index contributed by atoms with van der Waals surface area (Å²) in [4.78, 5) is 18.0. The molecule has 0 fully saturated rings. The van der Waals surface area contributed by atoms with E-state index in [0.717, 1.165) is 12.5 Å². The van der Waals surface area contributed by atoms with Gasteiger partial charge in [-0.05, 0) is 0 Å². The van der Waals surface area contributed by atoms with Crippen molar-refractivity contribution >= 4 is 0 Å². The minimum atomic E-state index is -0.125. The maximum atomic E-state index is 9.97. The minimum Gasteiger partial charge on any atom is -0.153 e. The van der Waals surface area contributed by atoms with Gasteiger partial charge in [-0.15, -0.1) is 0 Å². The highest BCUT2D eigenvalue weighted by Crippen LogP contribution is 1.78. The lowest BCUT2D eigenvalue weighted by molar-refractivity contribution is -0.957. The van der Waals surface area contributed by atoms with Gasteiger partial charge >= 0.3 is 5.09 Å². The van der Waals surface area contributed by atoms with E-state index in [1.54, 1.807) is 0 Å². The number of rotatable bonds is 4. The predicted octanol–water partition coefficient (Wildman–Crippen LogP) is 0.915. The highest BCUT2D eigenvalue weighted by Gasteiger charge is 2.03. The van der Waals surface area contributed by atoms with Crippen LogP contribution in [0.2, 0.25) is 0 Å². The monoisotopic (exact) mass is 116 g/mol. The van der Waals surface area contributed by atoms with Crippen molar-refractivity contribution in [2.45, 2.75) is 0 Å². The van der Waals surface area contributed by atoms with E-state index in [0.29, 0.717) is 0 Å². The van der Waals surface area contributed by atoms with Crippen LogP contribution in [0.15, 0.2) is 25.7 Å². The normalized spacial score (nSPS) is 7.00. The van der Waals surface area contributed by atoms with E-state index < -0.39 is 0 Å². The van der Waals surface area contributed by atoms with E-state index in [9.17, 15) is 4.91 Å². The molecule has 4 nitrogen and oxygen atoms in total. The van der Waals surface area contributed by atoms with Gasteiger partial charge in [0.15, 0.2) is 12.5 Å². The summed E-state index contributed by atoms with van der Waals surface area (Å²) in [5, 5.41) is -0.125. The molecular formula is C4H6NO3+. The molecule has 0 heterocycles. The lowest BCUT2D eigenvalue weighted by atomic mass is 11.2. The van der Waals surface area contributed by atoms with Crippen LogP contribution in [0.3, 0.4) is 0 Å². The molecule has 0 radical (unpaired) electrons. The molecule has 0 aromatic heterocycles. The Bertz CT molecular complexity index is 97.9. The van der Waals surface area contributed by atoms with Gasteiger partial charge in [-0.25, -0.2) is 0 Å². The zero-order valence-corrected chi connectivity index (χ0v) is 4.24. The second-order valence-electron chi connectivity index (χ2n) is 0.768. The van der Waals surface area contributed by atoms with Gasteiger partial charge in [-0.3, -0.25) is 0 Å². The van der Waals surface area contributed by atoms with Crippen LogP contribution < -0.4 is 0 Å². The summed E-state index contributed by atoms with van der Waals surface area (Å²) in [6, 6.07) is 0. The molecule has 0 spiro atoms. The smallest absolute Gasteiger partial charge is 0.153 e. The Balaban J connectivity index is 3.32. The molecular weight excluding hydrogens is 110 g/mol. The lowest BCUT2D eigenvalue weighted by Crippen LogP contribution is -2.00. The topological polar surface area (TPSA) is 38.5 Å². The molecule has 0 N–H and O–H groups in total. The van der Waals surface area contributed by atoms with E-state index in [2.05, 4.69) is 22.8 Å². The Kier molecular flexibility index (Phi) is 3.22. The first-order valence-electron chi connectivity index (χ1n) is 1.84. The maximum Gasteiger partial charge on any atom is 0.487 e. The maximum absolute atomic E-state index is 9.97. The van der Waals surface area contributed by atoms with E-state index >= 15 is 0 Å². The molecule has 4 heteroatoms. The van der Waals surface area contributed by atoms with Crippen molar-refractivity contribution in [3.05, 3.63) is 30.6 Å². The Morgan fingerprint density at radius 1 is 1.25 bits per heavy atom. The van der Waals surface area contributed by atoms with Crippen LogP contribution >= 0.6 is 0 Å². The van der Waals surface area contributed by atoms with Gasteiger partial charge in [0.1, 0.15) is 4.91 Å². The first kappa shape index (κ1) is 6.68. The number of hydrogen-bond donors (Lipinski definition) is 0. The molecule has 0 bridgehead atoms. The average Bonchev–Trinajstić information content (AvgIpc) is 1.68. The van der Waals surface area contributed by atoms with Gasteiger partial charge in [-0.2, -0.15) is 9.68 Å². The summed E-state index contributed by atoms with van der Waals surface area (Å²) in [5.74, 6) is 0. The Morgan fingerprint density at radius 3 is 1.88 bits per heavy atom. The molecule has 0 amide bonds. The summed E-state index contributed by atoms with van der Waals surface area (Å²) >= 11 is 0. The molecule has 0 aliphatic rings. The molecule has 0 aliphatic carbocycles. The molecule has 8 heavy (non-hydrogen) atoms. The van der Waals surface area contributed by atoms with Gasteiger partial charge in [0.25, 0.3) is 0 Å². The van der Waals surface area contributed by atoms with Crippen LogP contribution in [0.4, 0.5) is 0 Å². The van der Waals surface area contributed by atoms with Gasteiger partial charge in [-0.1, -0.05) is 13.2 Å². The first-order chi connectivity index (χ1) is 3.81. The van der Waals surface area contributed by atoms with Crippen LogP contribution in [-0.2, 0) is 9.68 Å². The largest absolute Gasteiger partial charge is 0.487 e. The van der Waals surface area contributed by atoms with Crippen LogP contribution in [0.25, 0.3) is 0 Å². The highest BCUT2D eigenvalue weighted by atomic mass is 17.0. The van der Waals surface area contributed by atoms with E-state index in [1.807, 2.05) is 0 Å². The van der Waals surface area contributed by atoms with Crippen molar-refractivity contribution in [2.75, 3.05) is 0 Å². The van der Waals surface area contributed by atoms with E-state index in [1.165, 1.54) is 0 Å². The van der Waals surface area contributed by atoms with Crippen molar-refractivity contribution in [1.82, 2.24) is 0 Å². The van der Waals surface area contributed by atoms with Gasteiger partial charge in [0, 0.05) is 0 Å². The second kappa shape index (κ2) is 3.86. The van der Waals surface area contributed by atoms with Crippen molar-refractivity contribution in [1.29, 1.82) is 0 Å². The molecule has 0 rings (SSSR count). The molecule has 0 aliphatic heterocycles. The summed E-state index contributed by atoms with van der Waals surface area (Å²) in [6.07, 6.45) is 1.88. The third kappa shape index (κ3) is 2.89. The van der Waals surface area contributed by atoms with Crippen molar-refractivity contribution in [3.63, 3.8) is 0 Å². The molecule has 0 saturated carbocycles. The molecule has 0 aromatic carbocycles. The molecule has 0 atom stereocenters. The SMILES string of the molecule is C=CO[N+](=O)OC=C.